The van der Waals surface area contributed by atoms with Crippen LogP contribution in [0.2, 0.25) is 5.02 Å². The highest BCUT2D eigenvalue weighted by molar-refractivity contribution is 6.32. The number of aliphatic hydroxyl groups is 1. The van der Waals surface area contributed by atoms with E-state index >= 15 is 0 Å². The molecule has 0 amide bonds. The largest absolute Gasteiger partial charge is 0.492 e. The van der Waals surface area contributed by atoms with Crippen molar-refractivity contribution in [2.45, 2.75) is 26.9 Å². The van der Waals surface area contributed by atoms with Gasteiger partial charge in [-0.25, -0.2) is 0 Å². The van der Waals surface area contributed by atoms with E-state index in [2.05, 4.69) is 18.7 Å². The molecule has 1 aromatic rings. The van der Waals surface area contributed by atoms with E-state index in [1.165, 1.54) is 0 Å². The first kappa shape index (κ1) is 15.3. The number of likely N-dealkylation sites (N-methyl/N-ethyl adjacent to an activating group) is 1. The molecule has 0 spiro atoms. The van der Waals surface area contributed by atoms with E-state index in [4.69, 9.17) is 16.3 Å². The molecule has 0 radical (unpaired) electrons. The Bertz CT molecular complexity index is 367. The molecule has 0 fully saturated rings. The number of nitrogens with zero attached hydrogens (tertiary/aromatic N) is 1. The van der Waals surface area contributed by atoms with Crippen LogP contribution >= 0.6 is 11.6 Å². The summed E-state index contributed by atoms with van der Waals surface area (Å²) in [6.07, 6.45) is -0.516. The van der Waals surface area contributed by atoms with Crippen LogP contribution in [0.1, 0.15) is 32.4 Å². The normalized spacial score (nSPS) is 12.8. The summed E-state index contributed by atoms with van der Waals surface area (Å²) in [6.45, 7) is 9.15. The highest BCUT2D eigenvalue weighted by atomic mass is 35.5. The van der Waals surface area contributed by atoms with Crippen LogP contribution in [0.4, 0.5) is 0 Å². The van der Waals surface area contributed by atoms with Gasteiger partial charge in [0.2, 0.25) is 0 Å². The molecular formula is C14H22ClNO2. The van der Waals surface area contributed by atoms with E-state index in [9.17, 15) is 5.11 Å². The summed E-state index contributed by atoms with van der Waals surface area (Å²) in [4.78, 5) is 2.18. The van der Waals surface area contributed by atoms with Gasteiger partial charge in [0.05, 0.1) is 17.7 Å². The van der Waals surface area contributed by atoms with Crippen LogP contribution in [-0.2, 0) is 0 Å². The summed E-state index contributed by atoms with van der Waals surface area (Å²) < 4.78 is 5.37. The zero-order valence-corrected chi connectivity index (χ0v) is 12.1. The van der Waals surface area contributed by atoms with E-state index in [-0.39, 0.29) is 0 Å². The number of aliphatic hydroxyl groups excluding tert-OH is 1. The van der Waals surface area contributed by atoms with Crippen molar-refractivity contribution in [1.29, 1.82) is 0 Å². The quantitative estimate of drug-likeness (QED) is 0.827. The molecule has 0 saturated heterocycles. The Labute approximate surface area is 114 Å². The average Bonchev–Trinajstić information content (AvgIpc) is 2.38. The van der Waals surface area contributed by atoms with Crippen molar-refractivity contribution < 1.29 is 9.84 Å². The molecule has 18 heavy (non-hydrogen) atoms. The summed E-state index contributed by atoms with van der Waals surface area (Å²) in [5.41, 5.74) is 0.829. The number of rotatable bonds is 7. The lowest BCUT2D eigenvalue weighted by Gasteiger charge is -2.22. The first-order chi connectivity index (χ1) is 8.62. The van der Waals surface area contributed by atoms with Crippen LogP contribution in [0.25, 0.3) is 0 Å². The van der Waals surface area contributed by atoms with Crippen molar-refractivity contribution in [3.63, 3.8) is 0 Å². The highest BCUT2D eigenvalue weighted by Crippen LogP contribution is 2.28. The van der Waals surface area contributed by atoms with Crippen molar-refractivity contribution >= 4 is 11.6 Å². The Morgan fingerprint density at radius 3 is 2.44 bits per heavy atom. The van der Waals surface area contributed by atoms with Gasteiger partial charge in [0.25, 0.3) is 0 Å². The molecule has 0 heterocycles. The van der Waals surface area contributed by atoms with Gasteiger partial charge >= 0.3 is 0 Å². The van der Waals surface area contributed by atoms with Crippen LogP contribution in [0, 0.1) is 0 Å². The van der Waals surface area contributed by atoms with Gasteiger partial charge in [-0.1, -0.05) is 31.5 Å². The Kier molecular flexibility index (Phi) is 6.47. The average molecular weight is 272 g/mol. The maximum atomic E-state index is 10.2. The Morgan fingerprint density at radius 2 is 1.94 bits per heavy atom. The Morgan fingerprint density at radius 1 is 1.28 bits per heavy atom. The fourth-order valence-electron chi connectivity index (χ4n) is 1.83. The van der Waals surface area contributed by atoms with Crippen molar-refractivity contribution in [3.8, 4) is 5.75 Å². The van der Waals surface area contributed by atoms with E-state index in [0.29, 0.717) is 23.9 Å². The predicted molar refractivity (Wildman–Crippen MR) is 75.4 cm³/mol. The smallest absolute Gasteiger partial charge is 0.137 e. The van der Waals surface area contributed by atoms with Crippen LogP contribution in [-0.4, -0.2) is 36.2 Å². The second kappa shape index (κ2) is 7.62. The molecule has 1 N–H and O–H groups in total. The molecule has 1 atom stereocenters. The minimum atomic E-state index is -0.516. The number of hydrogen-bond acceptors (Lipinski definition) is 3. The van der Waals surface area contributed by atoms with E-state index < -0.39 is 6.10 Å². The van der Waals surface area contributed by atoms with Crippen LogP contribution in [0.3, 0.4) is 0 Å². The maximum absolute atomic E-state index is 10.2. The summed E-state index contributed by atoms with van der Waals surface area (Å²) in [5, 5.41) is 10.7. The van der Waals surface area contributed by atoms with Gasteiger partial charge in [-0.2, -0.15) is 0 Å². The fraction of sp³-hybridized carbons (Fsp3) is 0.571. The minimum absolute atomic E-state index is 0.516. The summed E-state index contributed by atoms with van der Waals surface area (Å²) >= 11 is 6.11. The second-order valence-electron chi connectivity index (χ2n) is 4.12. The standard InChI is InChI=1S/C14H22ClNO2/c1-4-16(5-2)10-13(17)11-7-8-14(18-6-3)12(15)9-11/h7-9,13,17H,4-6,10H2,1-3H3. The van der Waals surface area contributed by atoms with Crippen molar-refractivity contribution in [1.82, 2.24) is 4.90 Å². The fourth-order valence-corrected chi connectivity index (χ4v) is 2.07. The van der Waals surface area contributed by atoms with Gasteiger partial charge < -0.3 is 14.7 Å². The molecular weight excluding hydrogens is 250 g/mol. The molecule has 0 saturated carbocycles. The zero-order chi connectivity index (χ0) is 13.5. The molecule has 3 nitrogen and oxygen atoms in total. The lowest BCUT2D eigenvalue weighted by atomic mass is 10.1. The van der Waals surface area contributed by atoms with E-state index in [1.807, 2.05) is 19.1 Å². The molecule has 0 aliphatic rings. The topological polar surface area (TPSA) is 32.7 Å². The third-order valence-electron chi connectivity index (χ3n) is 2.97. The summed E-state index contributed by atoms with van der Waals surface area (Å²) in [7, 11) is 0. The maximum Gasteiger partial charge on any atom is 0.137 e. The van der Waals surface area contributed by atoms with Crippen molar-refractivity contribution in [2.24, 2.45) is 0 Å². The van der Waals surface area contributed by atoms with Crippen molar-refractivity contribution in [3.05, 3.63) is 28.8 Å². The summed E-state index contributed by atoms with van der Waals surface area (Å²) in [6, 6.07) is 5.46. The predicted octanol–water partition coefficient (Wildman–Crippen LogP) is 3.11. The lowest BCUT2D eigenvalue weighted by Crippen LogP contribution is -2.28. The highest BCUT2D eigenvalue weighted by Gasteiger charge is 2.13. The number of hydrogen-bond donors (Lipinski definition) is 1. The number of ether oxygens (including phenoxy) is 1. The SMILES string of the molecule is CCOc1ccc(C(O)CN(CC)CC)cc1Cl. The third-order valence-corrected chi connectivity index (χ3v) is 3.26. The molecule has 1 rings (SSSR count). The van der Waals surface area contributed by atoms with E-state index in [1.54, 1.807) is 6.07 Å². The molecule has 0 bridgehead atoms. The lowest BCUT2D eigenvalue weighted by molar-refractivity contribution is 0.119. The molecule has 0 aliphatic carbocycles. The van der Waals surface area contributed by atoms with Gasteiger partial charge in [0.15, 0.2) is 0 Å². The van der Waals surface area contributed by atoms with Crippen molar-refractivity contribution in [2.75, 3.05) is 26.2 Å². The van der Waals surface area contributed by atoms with Gasteiger partial charge in [-0.15, -0.1) is 0 Å². The monoisotopic (exact) mass is 271 g/mol. The molecule has 1 aromatic carbocycles. The van der Waals surface area contributed by atoms with Crippen LogP contribution in [0.5, 0.6) is 5.75 Å². The first-order valence-corrected chi connectivity index (χ1v) is 6.82. The molecule has 0 aliphatic heterocycles. The van der Waals surface area contributed by atoms with Crippen LogP contribution < -0.4 is 4.74 Å². The molecule has 4 heteroatoms. The van der Waals surface area contributed by atoms with Gasteiger partial charge in [0, 0.05) is 6.54 Å². The Balaban J connectivity index is 2.74. The third kappa shape index (κ3) is 4.16. The molecule has 102 valence electrons. The second-order valence-corrected chi connectivity index (χ2v) is 4.53. The minimum Gasteiger partial charge on any atom is -0.492 e. The van der Waals surface area contributed by atoms with Gasteiger partial charge in [-0.05, 0) is 37.7 Å². The summed E-state index contributed by atoms with van der Waals surface area (Å²) in [5.74, 6) is 0.665. The molecule has 0 aromatic heterocycles. The van der Waals surface area contributed by atoms with Crippen LogP contribution in [0.15, 0.2) is 18.2 Å². The van der Waals surface area contributed by atoms with E-state index in [0.717, 1.165) is 18.7 Å². The number of benzene rings is 1. The van der Waals surface area contributed by atoms with Gasteiger partial charge in [0.1, 0.15) is 5.75 Å². The molecule has 1 unspecified atom stereocenters. The van der Waals surface area contributed by atoms with Gasteiger partial charge in [-0.3, -0.25) is 0 Å². The Hall–Kier alpha value is -0.770. The first-order valence-electron chi connectivity index (χ1n) is 6.44. The number of halogens is 1. The zero-order valence-electron chi connectivity index (χ0n) is 11.3.